The number of hydrogen-bond donors (Lipinski definition) is 1. The van der Waals surface area contributed by atoms with E-state index in [-0.39, 0.29) is 5.60 Å². The normalized spacial score (nSPS) is 20.2. The number of likely N-dealkylation sites (N-methyl/N-ethyl adjacent to an activating group) is 1. The van der Waals surface area contributed by atoms with Gasteiger partial charge in [-0.3, -0.25) is 4.68 Å². The number of ether oxygens (including phenoxy) is 1. The summed E-state index contributed by atoms with van der Waals surface area (Å²) in [6.07, 6.45) is 7.83. The summed E-state index contributed by atoms with van der Waals surface area (Å²) in [5.41, 5.74) is 1.16. The van der Waals surface area contributed by atoms with Gasteiger partial charge in [0.1, 0.15) is 0 Å². The van der Waals surface area contributed by atoms with Crippen LogP contribution in [0.3, 0.4) is 0 Å². The molecule has 1 unspecified atom stereocenters. The SMILES string of the molecule is CCOC1(C(Cc2ccn(C)n2)NC)CCCC1. The molecule has 1 aromatic rings. The lowest BCUT2D eigenvalue weighted by molar-refractivity contribution is -0.0599. The number of aromatic nitrogens is 2. The van der Waals surface area contributed by atoms with Crippen molar-refractivity contribution in [1.29, 1.82) is 0 Å². The van der Waals surface area contributed by atoms with Crippen molar-refractivity contribution in [3.8, 4) is 0 Å². The Morgan fingerprint density at radius 1 is 1.50 bits per heavy atom. The molecule has 1 aliphatic rings. The summed E-state index contributed by atoms with van der Waals surface area (Å²) in [6, 6.07) is 2.45. The Balaban J connectivity index is 2.10. The van der Waals surface area contributed by atoms with Crippen LogP contribution in [0.4, 0.5) is 0 Å². The van der Waals surface area contributed by atoms with Gasteiger partial charge in [-0.2, -0.15) is 5.10 Å². The predicted molar refractivity (Wildman–Crippen MR) is 72.6 cm³/mol. The lowest BCUT2D eigenvalue weighted by Crippen LogP contribution is -2.51. The fraction of sp³-hybridized carbons (Fsp3) is 0.786. The summed E-state index contributed by atoms with van der Waals surface area (Å²) in [5, 5.41) is 7.94. The average molecular weight is 251 g/mol. The predicted octanol–water partition coefficient (Wildman–Crippen LogP) is 1.90. The highest BCUT2D eigenvalue weighted by molar-refractivity contribution is 5.07. The number of nitrogens with one attached hydrogen (secondary N) is 1. The van der Waals surface area contributed by atoms with Gasteiger partial charge in [0.25, 0.3) is 0 Å². The van der Waals surface area contributed by atoms with Crippen molar-refractivity contribution in [1.82, 2.24) is 15.1 Å². The van der Waals surface area contributed by atoms with E-state index in [1.807, 2.05) is 25.0 Å². The molecule has 18 heavy (non-hydrogen) atoms. The second-order valence-electron chi connectivity index (χ2n) is 5.23. The van der Waals surface area contributed by atoms with Crippen LogP contribution in [-0.2, 0) is 18.2 Å². The molecule has 0 saturated heterocycles. The highest BCUT2D eigenvalue weighted by Gasteiger charge is 2.41. The van der Waals surface area contributed by atoms with E-state index in [9.17, 15) is 0 Å². The first kappa shape index (κ1) is 13.6. The van der Waals surface area contributed by atoms with Gasteiger partial charge in [-0.1, -0.05) is 12.8 Å². The van der Waals surface area contributed by atoms with Gasteiger partial charge in [-0.05, 0) is 32.9 Å². The minimum absolute atomic E-state index is 0.0149. The van der Waals surface area contributed by atoms with Gasteiger partial charge in [0.05, 0.1) is 11.3 Å². The van der Waals surface area contributed by atoms with Crippen LogP contribution in [0.25, 0.3) is 0 Å². The maximum Gasteiger partial charge on any atom is 0.0838 e. The van der Waals surface area contributed by atoms with E-state index < -0.39 is 0 Å². The molecule has 102 valence electrons. The topological polar surface area (TPSA) is 39.1 Å². The second kappa shape index (κ2) is 5.85. The molecule has 1 saturated carbocycles. The summed E-state index contributed by atoms with van der Waals surface area (Å²) in [5.74, 6) is 0. The Kier molecular flexibility index (Phi) is 4.40. The summed E-state index contributed by atoms with van der Waals surface area (Å²) in [6.45, 7) is 2.88. The van der Waals surface area contributed by atoms with Crippen LogP contribution in [0.2, 0.25) is 0 Å². The summed E-state index contributed by atoms with van der Waals surface area (Å²) >= 11 is 0. The van der Waals surface area contributed by atoms with Crippen LogP contribution in [-0.4, -0.2) is 35.1 Å². The highest BCUT2D eigenvalue weighted by atomic mass is 16.5. The quantitative estimate of drug-likeness (QED) is 0.839. The first-order chi connectivity index (χ1) is 8.70. The van der Waals surface area contributed by atoms with Crippen LogP contribution in [0.1, 0.15) is 38.3 Å². The zero-order valence-electron chi connectivity index (χ0n) is 11.8. The third-order valence-electron chi connectivity index (χ3n) is 4.05. The van der Waals surface area contributed by atoms with Gasteiger partial charge in [0.15, 0.2) is 0 Å². The average Bonchev–Trinajstić information content (AvgIpc) is 2.97. The third-order valence-corrected chi connectivity index (χ3v) is 4.05. The lowest BCUT2D eigenvalue weighted by Gasteiger charge is -2.37. The van der Waals surface area contributed by atoms with Crippen molar-refractivity contribution >= 4 is 0 Å². The molecule has 0 spiro atoms. The van der Waals surface area contributed by atoms with E-state index in [0.717, 1.165) is 18.7 Å². The highest BCUT2D eigenvalue weighted by Crippen LogP contribution is 2.37. The number of rotatable bonds is 6. The molecule has 2 rings (SSSR count). The van der Waals surface area contributed by atoms with Crippen molar-refractivity contribution in [2.75, 3.05) is 13.7 Å². The molecule has 0 amide bonds. The standard InChI is InChI=1S/C14H25N3O/c1-4-18-14(8-5-6-9-14)13(15-2)11-12-7-10-17(3)16-12/h7,10,13,15H,4-6,8-9,11H2,1-3H3. The molecular formula is C14H25N3O. The Hall–Kier alpha value is -0.870. The Labute approximate surface area is 110 Å². The number of hydrogen-bond acceptors (Lipinski definition) is 3. The maximum absolute atomic E-state index is 6.13. The lowest BCUT2D eigenvalue weighted by atomic mass is 9.88. The molecule has 1 aromatic heterocycles. The molecule has 0 bridgehead atoms. The molecule has 4 nitrogen and oxygen atoms in total. The Morgan fingerprint density at radius 3 is 2.72 bits per heavy atom. The maximum atomic E-state index is 6.13. The molecule has 1 fully saturated rings. The molecule has 0 aliphatic heterocycles. The van der Waals surface area contributed by atoms with Crippen LogP contribution in [0.5, 0.6) is 0 Å². The zero-order valence-corrected chi connectivity index (χ0v) is 11.8. The second-order valence-corrected chi connectivity index (χ2v) is 5.23. The van der Waals surface area contributed by atoms with Crippen molar-refractivity contribution in [2.24, 2.45) is 7.05 Å². The fourth-order valence-electron chi connectivity index (χ4n) is 3.19. The van der Waals surface area contributed by atoms with Gasteiger partial charge in [-0.15, -0.1) is 0 Å². The van der Waals surface area contributed by atoms with Crippen molar-refractivity contribution in [2.45, 2.75) is 50.7 Å². The molecule has 1 N–H and O–H groups in total. The first-order valence-electron chi connectivity index (χ1n) is 7.00. The van der Waals surface area contributed by atoms with Crippen LogP contribution < -0.4 is 5.32 Å². The molecule has 1 atom stereocenters. The zero-order chi connectivity index (χ0) is 13.0. The summed E-state index contributed by atoms with van der Waals surface area (Å²) in [7, 11) is 4.00. The minimum atomic E-state index is 0.0149. The number of nitrogens with zero attached hydrogens (tertiary/aromatic N) is 2. The molecule has 1 heterocycles. The van der Waals surface area contributed by atoms with E-state index >= 15 is 0 Å². The van der Waals surface area contributed by atoms with Crippen LogP contribution in [0, 0.1) is 0 Å². The van der Waals surface area contributed by atoms with Gasteiger partial charge in [0, 0.05) is 32.3 Å². The molecule has 4 heteroatoms. The third kappa shape index (κ3) is 2.75. The molecular weight excluding hydrogens is 226 g/mol. The van der Waals surface area contributed by atoms with E-state index in [4.69, 9.17) is 4.74 Å². The van der Waals surface area contributed by atoms with E-state index in [1.54, 1.807) is 0 Å². The van der Waals surface area contributed by atoms with Crippen molar-refractivity contribution in [3.05, 3.63) is 18.0 Å². The molecule has 1 aliphatic carbocycles. The van der Waals surface area contributed by atoms with Gasteiger partial charge < -0.3 is 10.1 Å². The summed E-state index contributed by atoms with van der Waals surface area (Å²) in [4.78, 5) is 0. The van der Waals surface area contributed by atoms with Gasteiger partial charge in [0.2, 0.25) is 0 Å². The first-order valence-corrected chi connectivity index (χ1v) is 7.00. The summed E-state index contributed by atoms with van der Waals surface area (Å²) < 4.78 is 7.99. The fourth-order valence-corrected chi connectivity index (χ4v) is 3.19. The Morgan fingerprint density at radius 2 is 2.22 bits per heavy atom. The molecule has 0 radical (unpaired) electrons. The van der Waals surface area contributed by atoms with E-state index in [2.05, 4.69) is 23.4 Å². The van der Waals surface area contributed by atoms with Gasteiger partial charge >= 0.3 is 0 Å². The smallest absolute Gasteiger partial charge is 0.0838 e. The minimum Gasteiger partial charge on any atom is -0.374 e. The Bertz CT molecular complexity index is 369. The van der Waals surface area contributed by atoms with Crippen LogP contribution >= 0.6 is 0 Å². The van der Waals surface area contributed by atoms with Crippen molar-refractivity contribution < 1.29 is 4.74 Å². The largest absolute Gasteiger partial charge is 0.374 e. The van der Waals surface area contributed by atoms with Crippen molar-refractivity contribution in [3.63, 3.8) is 0 Å². The molecule has 0 aromatic carbocycles. The van der Waals surface area contributed by atoms with E-state index in [0.29, 0.717) is 6.04 Å². The van der Waals surface area contributed by atoms with E-state index in [1.165, 1.54) is 25.7 Å². The number of aryl methyl sites for hydroxylation is 1. The van der Waals surface area contributed by atoms with Crippen LogP contribution in [0.15, 0.2) is 12.3 Å². The monoisotopic (exact) mass is 251 g/mol. The van der Waals surface area contributed by atoms with Gasteiger partial charge in [-0.25, -0.2) is 0 Å².